The number of benzene rings is 1. The number of nitrogens with zero attached hydrogens (tertiary/aromatic N) is 2. The van der Waals surface area contributed by atoms with Crippen molar-refractivity contribution in [2.24, 2.45) is 0 Å². The molecule has 0 aliphatic heterocycles. The van der Waals surface area contributed by atoms with Gasteiger partial charge in [-0.25, -0.2) is 0 Å². The number of aromatic nitrogens is 2. The number of hydrogen-bond acceptors (Lipinski definition) is 4. The zero-order valence-electron chi connectivity index (χ0n) is 16.9. The third-order valence-corrected chi connectivity index (χ3v) is 5.62. The fourth-order valence-electron chi connectivity index (χ4n) is 2.77. The second kappa shape index (κ2) is 10.9. The van der Waals surface area contributed by atoms with E-state index in [9.17, 15) is 13.2 Å². The van der Waals surface area contributed by atoms with Crippen LogP contribution in [0.25, 0.3) is 0 Å². The quantitative estimate of drug-likeness (QED) is 0.393. The van der Waals surface area contributed by atoms with Crippen LogP contribution in [0.3, 0.4) is 0 Å². The first-order chi connectivity index (χ1) is 14.2. The zero-order valence-corrected chi connectivity index (χ0v) is 19.3. The van der Waals surface area contributed by atoms with E-state index in [1.165, 1.54) is 4.68 Å². The van der Waals surface area contributed by atoms with Crippen molar-refractivity contribution in [2.75, 3.05) is 27.3 Å². The summed E-state index contributed by atoms with van der Waals surface area (Å²) in [5.41, 5.74) is 0.612. The summed E-state index contributed by atoms with van der Waals surface area (Å²) < 4.78 is 50.5. The fourth-order valence-corrected chi connectivity index (χ4v) is 3.49. The second-order valence-electron chi connectivity index (χ2n) is 6.44. The Hall–Kier alpha value is -2.01. The number of thiocarbonyl (C=S) groups is 1. The molecule has 6 nitrogen and oxygen atoms in total. The highest BCUT2D eigenvalue weighted by atomic mass is 79.9. The van der Waals surface area contributed by atoms with Gasteiger partial charge in [0.05, 0.1) is 24.4 Å². The van der Waals surface area contributed by atoms with Crippen molar-refractivity contribution in [2.45, 2.75) is 32.5 Å². The van der Waals surface area contributed by atoms with E-state index in [4.69, 9.17) is 21.7 Å². The van der Waals surface area contributed by atoms with Crippen molar-refractivity contribution in [1.29, 1.82) is 0 Å². The van der Waals surface area contributed by atoms with Gasteiger partial charge in [0, 0.05) is 19.6 Å². The highest BCUT2D eigenvalue weighted by Crippen LogP contribution is 2.35. The Bertz CT molecular complexity index is 874. The van der Waals surface area contributed by atoms with Gasteiger partial charge in [-0.3, -0.25) is 4.68 Å². The van der Waals surface area contributed by atoms with Crippen LogP contribution in [-0.4, -0.2) is 42.2 Å². The molecule has 0 amide bonds. The Kier molecular flexibility index (Phi) is 8.78. The van der Waals surface area contributed by atoms with Crippen LogP contribution >= 0.6 is 28.1 Å². The summed E-state index contributed by atoms with van der Waals surface area (Å²) >= 11 is 8.21. The summed E-state index contributed by atoms with van der Waals surface area (Å²) in [6.45, 7) is 3.09. The van der Waals surface area contributed by atoms with Crippen LogP contribution < -0.4 is 20.1 Å². The minimum atomic E-state index is -4.48. The summed E-state index contributed by atoms with van der Waals surface area (Å²) in [4.78, 5) is 0. The molecule has 0 saturated carbocycles. The van der Waals surface area contributed by atoms with E-state index in [2.05, 4.69) is 31.7 Å². The zero-order chi connectivity index (χ0) is 22.3. The summed E-state index contributed by atoms with van der Waals surface area (Å²) in [5, 5.41) is 10.3. The molecular weight excluding hydrogens is 485 g/mol. The molecule has 30 heavy (non-hydrogen) atoms. The molecule has 0 saturated heterocycles. The first-order valence-corrected chi connectivity index (χ1v) is 10.4. The molecule has 0 unspecified atom stereocenters. The maximum Gasteiger partial charge on any atom is 0.436 e. The molecule has 0 aliphatic rings. The monoisotopic (exact) mass is 508 g/mol. The molecule has 166 valence electrons. The molecule has 0 radical (unpaired) electrons. The van der Waals surface area contributed by atoms with Gasteiger partial charge < -0.3 is 20.1 Å². The number of alkyl halides is 3. The smallest absolute Gasteiger partial charge is 0.436 e. The van der Waals surface area contributed by atoms with Gasteiger partial charge in [-0.05, 0) is 65.6 Å². The van der Waals surface area contributed by atoms with Gasteiger partial charge in [0.15, 0.2) is 22.3 Å². The van der Waals surface area contributed by atoms with E-state index in [0.717, 1.165) is 12.0 Å². The molecular formula is C19H24BrF3N4O2S. The predicted molar refractivity (Wildman–Crippen MR) is 116 cm³/mol. The van der Waals surface area contributed by atoms with E-state index in [1.807, 2.05) is 18.2 Å². The normalized spacial score (nSPS) is 11.3. The van der Waals surface area contributed by atoms with Crippen LogP contribution in [0.5, 0.6) is 11.5 Å². The van der Waals surface area contributed by atoms with Gasteiger partial charge in [0.25, 0.3) is 0 Å². The van der Waals surface area contributed by atoms with Crippen molar-refractivity contribution in [3.05, 3.63) is 39.6 Å². The Morgan fingerprint density at radius 1 is 1.17 bits per heavy atom. The molecule has 1 heterocycles. The Morgan fingerprint density at radius 3 is 2.43 bits per heavy atom. The fraction of sp³-hybridized carbons (Fsp3) is 0.474. The summed E-state index contributed by atoms with van der Waals surface area (Å²) in [6.07, 6.45) is -3.17. The lowest BCUT2D eigenvalue weighted by atomic mass is 10.1. The number of rotatable bonds is 9. The number of halogens is 4. The molecule has 0 atom stereocenters. The van der Waals surface area contributed by atoms with Crippen LogP contribution in [0.1, 0.15) is 23.4 Å². The number of aryl methyl sites for hydroxylation is 1. The van der Waals surface area contributed by atoms with Crippen molar-refractivity contribution in [3.8, 4) is 11.5 Å². The number of hydrogen-bond donors (Lipinski definition) is 2. The maximum atomic E-state index is 12.9. The average Bonchev–Trinajstić information content (AvgIpc) is 2.99. The van der Waals surface area contributed by atoms with Crippen molar-refractivity contribution in [3.63, 3.8) is 0 Å². The van der Waals surface area contributed by atoms with Crippen molar-refractivity contribution < 1.29 is 22.6 Å². The van der Waals surface area contributed by atoms with Gasteiger partial charge in [-0.2, -0.15) is 18.3 Å². The maximum absolute atomic E-state index is 12.9. The average molecular weight is 509 g/mol. The molecule has 0 spiro atoms. The minimum Gasteiger partial charge on any atom is -0.493 e. The van der Waals surface area contributed by atoms with Crippen LogP contribution in [0.2, 0.25) is 0 Å². The topological polar surface area (TPSA) is 60.3 Å². The highest BCUT2D eigenvalue weighted by Gasteiger charge is 2.37. The lowest BCUT2D eigenvalue weighted by Crippen LogP contribution is -2.37. The highest BCUT2D eigenvalue weighted by molar-refractivity contribution is 9.10. The first kappa shape index (κ1) is 24.3. The van der Waals surface area contributed by atoms with Crippen LogP contribution in [0.4, 0.5) is 13.2 Å². The van der Waals surface area contributed by atoms with Gasteiger partial charge in [0.1, 0.15) is 0 Å². The van der Waals surface area contributed by atoms with E-state index in [-0.39, 0.29) is 4.47 Å². The molecule has 11 heteroatoms. The first-order valence-electron chi connectivity index (χ1n) is 9.20. The summed E-state index contributed by atoms with van der Waals surface area (Å²) in [7, 11) is 3.18. The molecule has 0 aliphatic carbocycles. The molecule has 0 fully saturated rings. The Balaban J connectivity index is 1.72. The molecule has 2 N–H and O–H groups in total. The van der Waals surface area contributed by atoms with Crippen LogP contribution in [0, 0.1) is 6.92 Å². The predicted octanol–water partition coefficient (Wildman–Crippen LogP) is 4.09. The number of nitrogens with one attached hydrogen (secondary N) is 2. The number of methoxy groups -OCH3 is 2. The molecule has 1 aromatic carbocycles. The summed E-state index contributed by atoms with van der Waals surface area (Å²) in [6, 6.07) is 5.72. The summed E-state index contributed by atoms with van der Waals surface area (Å²) in [5.74, 6) is 1.35. The molecule has 2 aromatic rings. The van der Waals surface area contributed by atoms with Gasteiger partial charge in [0.2, 0.25) is 0 Å². The van der Waals surface area contributed by atoms with Crippen molar-refractivity contribution >= 4 is 33.3 Å². The minimum absolute atomic E-state index is 0.0182. The van der Waals surface area contributed by atoms with Crippen LogP contribution in [-0.2, 0) is 19.1 Å². The third kappa shape index (κ3) is 6.49. The SMILES string of the molecule is COc1ccc(CCNC(=S)NCCCn2nc(C(F)(F)F)c(Br)c2C)cc1OC. The van der Waals surface area contributed by atoms with E-state index < -0.39 is 11.9 Å². The lowest BCUT2D eigenvalue weighted by Gasteiger charge is -2.12. The third-order valence-electron chi connectivity index (χ3n) is 4.38. The number of ether oxygens (including phenoxy) is 2. The largest absolute Gasteiger partial charge is 0.493 e. The van der Waals surface area contributed by atoms with Crippen molar-refractivity contribution in [1.82, 2.24) is 20.4 Å². The van der Waals surface area contributed by atoms with Crippen LogP contribution in [0.15, 0.2) is 22.7 Å². The second-order valence-corrected chi connectivity index (χ2v) is 7.65. The Labute approximate surface area is 187 Å². The van der Waals surface area contributed by atoms with Gasteiger partial charge >= 0.3 is 6.18 Å². The standard InChI is InChI=1S/C19H24BrF3N4O2S/c1-12-16(20)17(19(21,22)23)26-27(12)10-4-8-24-18(30)25-9-7-13-5-6-14(28-2)15(11-13)29-3/h5-6,11H,4,7-10H2,1-3H3,(H2,24,25,30). The van der Waals surface area contributed by atoms with Gasteiger partial charge in [-0.1, -0.05) is 6.07 Å². The molecule has 1 aromatic heterocycles. The van der Waals surface area contributed by atoms with E-state index in [0.29, 0.717) is 48.4 Å². The van der Waals surface area contributed by atoms with E-state index in [1.54, 1.807) is 21.1 Å². The van der Waals surface area contributed by atoms with E-state index >= 15 is 0 Å². The molecule has 0 bridgehead atoms. The molecule has 2 rings (SSSR count). The van der Waals surface area contributed by atoms with Gasteiger partial charge in [-0.15, -0.1) is 0 Å². The Morgan fingerprint density at radius 2 is 1.83 bits per heavy atom. The lowest BCUT2D eigenvalue weighted by molar-refractivity contribution is -0.142.